The van der Waals surface area contributed by atoms with E-state index in [4.69, 9.17) is 4.74 Å². The molecule has 3 rings (SSSR count). The first-order valence-electron chi connectivity index (χ1n) is 8.64. The Bertz CT molecular complexity index is 698. The molecule has 0 saturated carbocycles. The van der Waals surface area contributed by atoms with Gasteiger partial charge in [0.25, 0.3) is 0 Å². The smallest absolute Gasteiger partial charge is 0.317 e. The zero-order chi connectivity index (χ0) is 17.6. The van der Waals surface area contributed by atoms with Crippen molar-refractivity contribution in [2.45, 2.75) is 25.8 Å². The number of urea groups is 1. The molecule has 1 N–H and O–H groups in total. The number of methoxy groups -OCH3 is 1. The fourth-order valence-electron chi connectivity index (χ4n) is 3.20. The van der Waals surface area contributed by atoms with Gasteiger partial charge in [-0.05, 0) is 36.5 Å². The Kier molecular flexibility index (Phi) is 5.53. The number of piperidine rings is 1. The Labute approximate surface area is 148 Å². The zero-order valence-electron chi connectivity index (χ0n) is 14.8. The Hall–Kier alpha value is -2.57. The highest BCUT2D eigenvalue weighted by Crippen LogP contribution is 2.20. The maximum absolute atomic E-state index is 12.5. The summed E-state index contributed by atoms with van der Waals surface area (Å²) in [4.78, 5) is 14.4. The van der Waals surface area contributed by atoms with Crippen LogP contribution in [0.25, 0.3) is 0 Å². The minimum atomic E-state index is -0.00140. The van der Waals surface area contributed by atoms with Gasteiger partial charge in [-0.1, -0.05) is 12.1 Å². The minimum absolute atomic E-state index is 0.00140. The van der Waals surface area contributed by atoms with Crippen LogP contribution >= 0.6 is 0 Å². The maximum atomic E-state index is 12.5. The molecule has 1 aliphatic rings. The van der Waals surface area contributed by atoms with E-state index < -0.39 is 0 Å². The molecule has 1 fully saturated rings. The highest BCUT2D eigenvalue weighted by molar-refractivity contribution is 5.74. The van der Waals surface area contributed by atoms with Gasteiger partial charge in [0.1, 0.15) is 17.9 Å². The van der Waals surface area contributed by atoms with Gasteiger partial charge in [-0.3, -0.25) is 0 Å². The van der Waals surface area contributed by atoms with Gasteiger partial charge in [-0.2, -0.15) is 0 Å². The number of nitrogens with one attached hydrogen (secondary N) is 1. The van der Waals surface area contributed by atoms with Crippen LogP contribution in [-0.4, -0.2) is 45.9 Å². The number of aromatic nitrogens is 3. The minimum Gasteiger partial charge on any atom is -0.497 e. The molecule has 2 amide bonds. The number of hydrogen-bond acceptors (Lipinski definition) is 4. The second-order valence-electron chi connectivity index (χ2n) is 6.52. The topological polar surface area (TPSA) is 72.3 Å². The van der Waals surface area contributed by atoms with Crippen molar-refractivity contribution in [3.05, 3.63) is 42.0 Å². The molecular formula is C18H25N5O2. The second-order valence-corrected chi connectivity index (χ2v) is 6.52. The number of aryl methyl sites for hydroxylation is 1. The first-order valence-corrected chi connectivity index (χ1v) is 8.64. The quantitative estimate of drug-likeness (QED) is 0.901. The van der Waals surface area contributed by atoms with Crippen LogP contribution in [0.1, 0.15) is 24.2 Å². The molecule has 0 bridgehead atoms. The Morgan fingerprint density at radius 3 is 2.84 bits per heavy atom. The standard InChI is InChI=1S/C18H25N5O2/c1-22-13-20-21-17(22)10-15-4-3-9-23(12-15)18(24)19-11-14-5-7-16(25-2)8-6-14/h5-8,13,15H,3-4,9-12H2,1-2H3,(H,19,24). The first kappa shape index (κ1) is 17.3. The molecule has 25 heavy (non-hydrogen) atoms. The van der Waals surface area contributed by atoms with E-state index in [1.54, 1.807) is 13.4 Å². The van der Waals surface area contributed by atoms with Crippen molar-refractivity contribution >= 4 is 6.03 Å². The van der Waals surface area contributed by atoms with Crippen molar-refractivity contribution in [3.63, 3.8) is 0 Å². The van der Waals surface area contributed by atoms with Gasteiger partial charge in [-0.25, -0.2) is 4.79 Å². The van der Waals surface area contributed by atoms with Gasteiger partial charge < -0.3 is 19.5 Å². The van der Waals surface area contributed by atoms with Gasteiger partial charge in [0, 0.05) is 33.1 Å². The molecule has 1 saturated heterocycles. The number of amides is 2. The van der Waals surface area contributed by atoms with E-state index in [9.17, 15) is 4.79 Å². The molecule has 2 aromatic rings. The summed E-state index contributed by atoms with van der Waals surface area (Å²) >= 11 is 0. The number of nitrogens with zero attached hydrogens (tertiary/aromatic N) is 4. The van der Waals surface area contributed by atoms with Gasteiger partial charge in [0.05, 0.1) is 7.11 Å². The SMILES string of the molecule is COc1ccc(CNC(=O)N2CCCC(Cc3nncn3C)C2)cc1. The molecule has 1 aliphatic heterocycles. The number of ether oxygens (including phenoxy) is 1. The summed E-state index contributed by atoms with van der Waals surface area (Å²) in [6, 6.07) is 7.73. The van der Waals surface area contributed by atoms with Crippen molar-refractivity contribution in [1.82, 2.24) is 25.0 Å². The van der Waals surface area contributed by atoms with Crippen molar-refractivity contribution in [2.24, 2.45) is 13.0 Å². The fraction of sp³-hybridized carbons (Fsp3) is 0.500. The van der Waals surface area contributed by atoms with Crippen molar-refractivity contribution < 1.29 is 9.53 Å². The number of carbonyl (C=O) groups excluding carboxylic acids is 1. The van der Waals surface area contributed by atoms with Crippen molar-refractivity contribution in [3.8, 4) is 5.75 Å². The molecule has 0 aliphatic carbocycles. The maximum Gasteiger partial charge on any atom is 0.317 e. The van der Waals surface area contributed by atoms with Crippen LogP contribution in [0, 0.1) is 5.92 Å². The lowest BCUT2D eigenvalue weighted by molar-refractivity contribution is 0.164. The molecule has 0 spiro atoms. The van der Waals surface area contributed by atoms with Crippen LogP contribution in [0.4, 0.5) is 4.79 Å². The summed E-state index contributed by atoms with van der Waals surface area (Å²) in [5.74, 6) is 2.23. The van der Waals surface area contributed by atoms with Crippen LogP contribution < -0.4 is 10.1 Å². The fourth-order valence-corrected chi connectivity index (χ4v) is 3.20. The van der Waals surface area contributed by atoms with Gasteiger partial charge >= 0.3 is 6.03 Å². The molecule has 7 nitrogen and oxygen atoms in total. The zero-order valence-corrected chi connectivity index (χ0v) is 14.8. The summed E-state index contributed by atoms with van der Waals surface area (Å²) in [5, 5.41) is 11.1. The third-order valence-electron chi connectivity index (χ3n) is 4.69. The van der Waals surface area contributed by atoms with Gasteiger partial charge in [0.2, 0.25) is 0 Å². The molecule has 1 unspecified atom stereocenters. The average Bonchev–Trinajstić information content (AvgIpc) is 3.05. The summed E-state index contributed by atoms with van der Waals surface area (Å²) in [6.45, 7) is 2.10. The number of carbonyl (C=O) groups is 1. The van der Waals surface area contributed by atoms with Crippen molar-refractivity contribution in [1.29, 1.82) is 0 Å². The van der Waals surface area contributed by atoms with E-state index in [0.717, 1.165) is 49.5 Å². The second kappa shape index (κ2) is 8.00. The Balaban J connectivity index is 1.50. The summed E-state index contributed by atoms with van der Waals surface area (Å²) in [7, 11) is 3.60. The number of rotatable bonds is 5. The molecular weight excluding hydrogens is 318 g/mol. The molecule has 1 atom stereocenters. The molecule has 1 aromatic heterocycles. The lowest BCUT2D eigenvalue weighted by Gasteiger charge is -2.32. The van der Waals surface area contributed by atoms with Crippen LogP contribution in [-0.2, 0) is 20.0 Å². The summed E-state index contributed by atoms with van der Waals surface area (Å²) in [6.07, 6.45) is 4.73. The van der Waals surface area contributed by atoms with E-state index in [1.165, 1.54) is 0 Å². The largest absolute Gasteiger partial charge is 0.497 e. The average molecular weight is 343 g/mol. The Morgan fingerprint density at radius 2 is 2.16 bits per heavy atom. The predicted molar refractivity (Wildman–Crippen MR) is 94.2 cm³/mol. The third kappa shape index (κ3) is 4.49. The highest BCUT2D eigenvalue weighted by Gasteiger charge is 2.24. The summed E-state index contributed by atoms with van der Waals surface area (Å²) in [5.41, 5.74) is 1.06. The Morgan fingerprint density at radius 1 is 1.36 bits per heavy atom. The van der Waals surface area contributed by atoms with Gasteiger partial charge in [-0.15, -0.1) is 10.2 Å². The third-order valence-corrected chi connectivity index (χ3v) is 4.69. The van der Waals surface area contributed by atoms with Gasteiger partial charge in [0.15, 0.2) is 0 Å². The van der Waals surface area contributed by atoms with Crippen LogP contribution in [0.15, 0.2) is 30.6 Å². The van der Waals surface area contributed by atoms with E-state index in [2.05, 4.69) is 15.5 Å². The molecule has 1 aromatic carbocycles. The van der Waals surface area contributed by atoms with Crippen LogP contribution in [0.3, 0.4) is 0 Å². The normalized spacial score (nSPS) is 17.4. The van der Waals surface area contributed by atoms with Crippen LogP contribution in [0.2, 0.25) is 0 Å². The van der Waals surface area contributed by atoms with E-state index >= 15 is 0 Å². The van der Waals surface area contributed by atoms with E-state index in [1.807, 2.05) is 40.8 Å². The predicted octanol–water partition coefficient (Wildman–Crippen LogP) is 1.99. The highest BCUT2D eigenvalue weighted by atomic mass is 16.5. The van der Waals surface area contributed by atoms with Crippen molar-refractivity contribution in [2.75, 3.05) is 20.2 Å². The number of hydrogen-bond donors (Lipinski definition) is 1. The molecule has 134 valence electrons. The first-order chi connectivity index (χ1) is 12.2. The molecule has 7 heteroatoms. The monoisotopic (exact) mass is 343 g/mol. The summed E-state index contributed by atoms with van der Waals surface area (Å²) < 4.78 is 7.09. The van der Waals surface area contributed by atoms with E-state index in [-0.39, 0.29) is 6.03 Å². The van der Waals surface area contributed by atoms with Crippen LogP contribution in [0.5, 0.6) is 5.75 Å². The lowest BCUT2D eigenvalue weighted by atomic mass is 9.94. The van der Waals surface area contributed by atoms with E-state index in [0.29, 0.717) is 12.5 Å². The molecule has 0 radical (unpaired) electrons. The number of likely N-dealkylation sites (tertiary alicyclic amines) is 1. The number of benzene rings is 1. The lowest BCUT2D eigenvalue weighted by Crippen LogP contribution is -2.45. The molecule has 2 heterocycles.